The van der Waals surface area contributed by atoms with Gasteiger partial charge in [0, 0.05) is 19.5 Å². The van der Waals surface area contributed by atoms with E-state index in [-0.39, 0.29) is 51.1 Å². The minimum absolute atomic E-state index is 0.0857. The molecule has 0 aromatic heterocycles. The molecule has 0 unspecified atom stereocenters. The number of unbranched alkanes of at least 4 members (excludes halogenated alkanes) is 1. The smallest absolute Gasteiger partial charge is 0.326 e. The Hall–Kier alpha value is -5.95. The summed E-state index contributed by atoms with van der Waals surface area (Å²) in [7, 11) is 0. The summed E-state index contributed by atoms with van der Waals surface area (Å²) in [5.74, 6) is -8.64. The van der Waals surface area contributed by atoms with E-state index in [0.717, 1.165) is 0 Å². The van der Waals surface area contributed by atoms with E-state index in [1.807, 2.05) is 0 Å². The SMILES string of the molecule is CC(C)C[C@H](NC(=O)[C@H](CCC(N)=O)NC(=O)CNC(=O)[C@@H]1C[C@@H](O)CN1)C(=O)N[C@@H](C)C(=O)NCC(=O)N[C@@H](C)C(=O)N[C@@H](C)C(=O)N1CCC[C@H]1C(=O)N[C@@H](CCCCN)C(=O)O. The number of carbonyl (C=O) groups is 11. The quantitative estimate of drug-likeness (QED) is 0.0342. The molecule has 65 heavy (non-hydrogen) atoms. The second-order valence-electron chi connectivity index (χ2n) is 16.7. The van der Waals surface area contributed by atoms with Crippen LogP contribution in [-0.2, 0) is 52.7 Å². The Bertz CT molecular complexity index is 1730. The fraction of sp³-hybridized carbons (Fsp3) is 0.725. The molecule has 366 valence electrons. The van der Waals surface area contributed by atoms with Crippen molar-refractivity contribution in [3.8, 4) is 0 Å². The van der Waals surface area contributed by atoms with E-state index in [1.165, 1.54) is 25.7 Å². The van der Waals surface area contributed by atoms with Crippen LogP contribution < -0.4 is 59.3 Å². The number of nitrogens with one attached hydrogen (secondary N) is 9. The van der Waals surface area contributed by atoms with Gasteiger partial charge in [0.2, 0.25) is 59.1 Å². The van der Waals surface area contributed by atoms with Crippen LogP contribution in [0.1, 0.15) is 92.4 Å². The van der Waals surface area contributed by atoms with Gasteiger partial charge in [0.25, 0.3) is 0 Å². The molecule has 0 aromatic carbocycles. The number of amides is 10. The summed E-state index contributed by atoms with van der Waals surface area (Å²) < 4.78 is 0. The van der Waals surface area contributed by atoms with E-state index in [1.54, 1.807) is 13.8 Å². The molecule has 2 rings (SSSR count). The van der Waals surface area contributed by atoms with E-state index in [2.05, 4.69) is 47.9 Å². The number of nitrogens with two attached hydrogens (primary N) is 2. The molecule has 0 aliphatic carbocycles. The number of hydrogen-bond acceptors (Lipinski definition) is 14. The third-order valence-corrected chi connectivity index (χ3v) is 10.6. The average Bonchev–Trinajstić information content (AvgIpc) is 3.91. The summed E-state index contributed by atoms with van der Waals surface area (Å²) in [6.07, 6.45) is 0.989. The van der Waals surface area contributed by atoms with Gasteiger partial charge in [-0.3, -0.25) is 47.9 Å². The number of β-amino-alcohol motifs (C(OH)–C–C–N with tert-alkyl or cyclic N) is 1. The number of primary amides is 1. The number of carbonyl (C=O) groups excluding carboxylic acids is 10. The molecule has 0 bridgehead atoms. The van der Waals surface area contributed by atoms with Crippen molar-refractivity contribution in [3.05, 3.63) is 0 Å². The van der Waals surface area contributed by atoms with Crippen molar-refractivity contribution in [1.82, 2.24) is 52.8 Å². The molecule has 2 heterocycles. The van der Waals surface area contributed by atoms with Gasteiger partial charge in [0.15, 0.2) is 0 Å². The van der Waals surface area contributed by atoms with Gasteiger partial charge in [-0.05, 0) is 84.6 Å². The van der Waals surface area contributed by atoms with Gasteiger partial charge in [0.05, 0.1) is 25.2 Å². The first-order chi connectivity index (χ1) is 30.5. The fourth-order valence-electron chi connectivity index (χ4n) is 7.01. The van der Waals surface area contributed by atoms with Crippen molar-refractivity contribution in [2.45, 2.75) is 147 Å². The predicted octanol–water partition coefficient (Wildman–Crippen LogP) is -5.57. The Morgan fingerprint density at radius 3 is 1.91 bits per heavy atom. The largest absolute Gasteiger partial charge is 0.480 e. The maximum atomic E-state index is 13.4. The number of aliphatic hydroxyl groups is 1. The number of rotatable bonds is 27. The van der Waals surface area contributed by atoms with Crippen molar-refractivity contribution in [2.24, 2.45) is 17.4 Å². The summed E-state index contributed by atoms with van der Waals surface area (Å²) in [6, 6.07) is -8.92. The van der Waals surface area contributed by atoms with Crippen LogP contribution in [0.5, 0.6) is 0 Å². The third kappa shape index (κ3) is 19.4. The zero-order chi connectivity index (χ0) is 49.0. The lowest BCUT2D eigenvalue weighted by atomic mass is 10.0. The fourth-order valence-corrected chi connectivity index (χ4v) is 7.01. The van der Waals surface area contributed by atoms with E-state index in [9.17, 15) is 63.0 Å². The Morgan fingerprint density at radius 2 is 1.31 bits per heavy atom. The molecular formula is C40H68N12O13. The lowest BCUT2D eigenvalue weighted by Crippen LogP contribution is -2.58. The molecule has 0 radical (unpaired) electrons. The van der Waals surface area contributed by atoms with Gasteiger partial charge in [-0.2, -0.15) is 0 Å². The average molecular weight is 925 g/mol. The highest BCUT2D eigenvalue weighted by molar-refractivity contribution is 5.97. The number of nitrogens with zero attached hydrogens (tertiary/aromatic N) is 1. The van der Waals surface area contributed by atoms with Crippen molar-refractivity contribution in [2.75, 3.05) is 32.7 Å². The van der Waals surface area contributed by atoms with Gasteiger partial charge in [-0.1, -0.05) is 13.8 Å². The van der Waals surface area contributed by atoms with Crippen LogP contribution in [0.3, 0.4) is 0 Å². The topological polar surface area (TPSA) is 392 Å². The van der Waals surface area contributed by atoms with Crippen LogP contribution in [0.15, 0.2) is 0 Å². The molecule has 25 nitrogen and oxygen atoms in total. The highest BCUT2D eigenvalue weighted by Crippen LogP contribution is 2.19. The molecule has 2 fully saturated rings. The summed E-state index contributed by atoms with van der Waals surface area (Å²) in [6.45, 7) is 7.24. The molecule has 25 heteroatoms. The lowest BCUT2D eigenvalue weighted by Gasteiger charge is -2.28. The number of likely N-dealkylation sites (tertiary alicyclic amines) is 1. The Balaban J connectivity index is 1.91. The van der Waals surface area contributed by atoms with E-state index in [0.29, 0.717) is 32.2 Å². The summed E-state index contributed by atoms with van der Waals surface area (Å²) in [4.78, 5) is 141. The molecule has 0 saturated carbocycles. The number of aliphatic hydroxyl groups excluding tert-OH is 1. The Labute approximate surface area is 377 Å². The summed E-state index contributed by atoms with van der Waals surface area (Å²) in [5.41, 5.74) is 10.7. The van der Waals surface area contributed by atoms with Crippen LogP contribution in [0.25, 0.3) is 0 Å². The summed E-state index contributed by atoms with van der Waals surface area (Å²) >= 11 is 0. The molecule has 0 spiro atoms. The first kappa shape index (κ1) is 55.2. The van der Waals surface area contributed by atoms with Gasteiger partial charge in [0.1, 0.15) is 42.3 Å². The molecular weight excluding hydrogens is 857 g/mol. The van der Waals surface area contributed by atoms with Crippen LogP contribution >= 0.6 is 0 Å². The van der Waals surface area contributed by atoms with Crippen LogP contribution in [0.2, 0.25) is 0 Å². The van der Waals surface area contributed by atoms with Gasteiger partial charge < -0.3 is 74.4 Å². The van der Waals surface area contributed by atoms with Gasteiger partial charge >= 0.3 is 5.97 Å². The number of carboxylic acid groups (broad SMARTS) is 1. The molecule has 2 aliphatic rings. The number of carboxylic acids is 1. The lowest BCUT2D eigenvalue weighted by molar-refractivity contribution is -0.145. The van der Waals surface area contributed by atoms with Crippen molar-refractivity contribution < 1.29 is 63.0 Å². The van der Waals surface area contributed by atoms with Crippen LogP contribution in [-0.4, -0.2) is 167 Å². The van der Waals surface area contributed by atoms with Crippen LogP contribution in [0.4, 0.5) is 0 Å². The molecule has 9 atom stereocenters. The molecule has 0 aromatic rings. The first-order valence-electron chi connectivity index (χ1n) is 21.8. The third-order valence-electron chi connectivity index (χ3n) is 10.6. The maximum absolute atomic E-state index is 13.4. The van der Waals surface area contributed by atoms with E-state index >= 15 is 0 Å². The monoisotopic (exact) mass is 925 g/mol. The molecule has 2 saturated heterocycles. The van der Waals surface area contributed by atoms with Crippen molar-refractivity contribution in [1.29, 1.82) is 0 Å². The minimum Gasteiger partial charge on any atom is -0.480 e. The molecule has 2 aliphatic heterocycles. The van der Waals surface area contributed by atoms with E-state index in [4.69, 9.17) is 11.5 Å². The van der Waals surface area contributed by atoms with Gasteiger partial charge in [-0.25, -0.2) is 4.79 Å². The molecule has 10 amide bonds. The van der Waals surface area contributed by atoms with Gasteiger partial charge in [-0.15, -0.1) is 0 Å². The highest BCUT2D eigenvalue weighted by atomic mass is 16.4. The number of aliphatic carboxylic acids is 1. The Morgan fingerprint density at radius 1 is 0.692 bits per heavy atom. The molecule has 15 N–H and O–H groups in total. The minimum atomic E-state index is -1.35. The van der Waals surface area contributed by atoms with E-state index < -0.39 is 133 Å². The normalized spacial score (nSPS) is 19.6. The van der Waals surface area contributed by atoms with Crippen LogP contribution in [0, 0.1) is 5.92 Å². The first-order valence-corrected chi connectivity index (χ1v) is 21.8. The maximum Gasteiger partial charge on any atom is 0.326 e. The van der Waals surface area contributed by atoms with Crippen molar-refractivity contribution >= 4 is 65.0 Å². The second kappa shape index (κ2) is 27.4. The predicted molar refractivity (Wildman–Crippen MR) is 230 cm³/mol. The van der Waals surface area contributed by atoms with Crippen molar-refractivity contribution in [3.63, 3.8) is 0 Å². The second-order valence-corrected chi connectivity index (χ2v) is 16.7. The summed E-state index contributed by atoms with van der Waals surface area (Å²) in [5, 5.41) is 41.5. The highest BCUT2D eigenvalue weighted by Gasteiger charge is 2.38. The zero-order valence-electron chi connectivity index (χ0n) is 37.7. The zero-order valence-corrected chi connectivity index (χ0v) is 37.7. The Kier molecular flexibility index (Phi) is 23.3. The number of hydrogen-bond donors (Lipinski definition) is 13. The standard InChI is InChI=1S/C40H68N12O13/c1-20(2)15-28(51-36(60)25(11-12-30(42)54)49-32(56)19-45-35(59)27-16-24(53)17-43-27)37(61)47-21(3)33(57)44-18-31(55)46-22(4)34(58)48-23(5)39(63)52-14-8-10-29(52)38(62)50-26(40(64)65)9-6-7-13-41/h20-29,43,53H,6-19,41H2,1-5H3,(H2,42,54)(H,44,57)(H,45,59)(H,46,55)(H,47,61)(H,48,58)(H,49,56)(H,50,62)(H,51,60)(H,64,65)/t21-,22-,23-,24+,25-,26-,27-,28-,29-/m0/s1.